The van der Waals surface area contributed by atoms with Crippen LogP contribution in [0.25, 0.3) is 0 Å². The first-order valence-corrected chi connectivity index (χ1v) is 6.92. The summed E-state index contributed by atoms with van der Waals surface area (Å²) >= 11 is 0. The Morgan fingerprint density at radius 3 is 2.70 bits per heavy atom. The molecule has 6 heteroatoms. The van der Waals surface area contributed by atoms with E-state index in [0.29, 0.717) is 5.92 Å². The molecule has 0 aromatic carbocycles. The number of rotatable bonds is 4. The van der Waals surface area contributed by atoms with E-state index in [1.807, 2.05) is 0 Å². The van der Waals surface area contributed by atoms with Crippen molar-refractivity contribution in [3.63, 3.8) is 0 Å². The maximum atomic E-state index is 13.9. The Kier molecular flexibility index (Phi) is 4.42. The van der Waals surface area contributed by atoms with Crippen LogP contribution in [0, 0.1) is 17.6 Å². The zero-order chi connectivity index (χ0) is 14.8. The van der Waals surface area contributed by atoms with Gasteiger partial charge in [0, 0.05) is 13.1 Å². The van der Waals surface area contributed by atoms with E-state index < -0.39 is 17.2 Å². The Hall–Kier alpha value is -1.43. The number of pyridine rings is 1. The van der Waals surface area contributed by atoms with Gasteiger partial charge in [0.05, 0.1) is 12.1 Å². The lowest BCUT2D eigenvalue weighted by atomic mass is 9.77. The lowest BCUT2D eigenvalue weighted by Gasteiger charge is -2.39. The molecule has 3 N–H and O–H groups in total. The van der Waals surface area contributed by atoms with E-state index in [4.69, 9.17) is 0 Å². The predicted octanol–water partition coefficient (Wildman–Crippen LogP) is 2.75. The molecule has 112 valence electrons. The van der Waals surface area contributed by atoms with Gasteiger partial charge >= 0.3 is 0 Å². The summed E-state index contributed by atoms with van der Waals surface area (Å²) in [6.45, 7) is 2.02. The van der Waals surface area contributed by atoms with E-state index in [9.17, 15) is 13.9 Å². The topological polar surface area (TPSA) is 57.2 Å². The van der Waals surface area contributed by atoms with Crippen molar-refractivity contribution in [1.82, 2.24) is 4.98 Å². The summed E-state index contributed by atoms with van der Waals surface area (Å²) in [5.74, 6) is -1.04. The van der Waals surface area contributed by atoms with E-state index in [0.717, 1.165) is 31.7 Å². The highest BCUT2D eigenvalue weighted by Crippen LogP contribution is 2.35. The van der Waals surface area contributed by atoms with Crippen LogP contribution < -0.4 is 10.6 Å². The fraction of sp³-hybridized carbons (Fsp3) is 0.643. The Morgan fingerprint density at radius 1 is 1.40 bits per heavy atom. The normalized spacial score (nSPS) is 26.4. The lowest BCUT2D eigenvalue weighted by molar-refractivity contribution is 0.149. The summed E-state index contributed by atoms with van der Waals surface area (Å²) in [6.07, 6.45) is 3.57. The molecule has 0 radical (unpaired) electrons. The summed E-state index contributed by atoms with van der Waals surface area (Å²) in [7, 11) is 1.53. The second-order valence-electron chi connectivity index (χ2n) is 5.66. The van der Waals surface area contributed by atoms with Crippen molar-refractivity contribution in [3.05, 3.63) is 17.7 Å². The fourth-order valence-electron chi connectivity index (χ4n) is 2.94. The van der Waals surface area contributed by atoms with Crippen LogP contribution >= 0.6 is 0 Å². The molecule has 1 aromatic rings. The minimum absolute atomic E-state index is 0.00847. The van der Waals surface area contributed by atoms with Crippen LogP contribution in [0.4, 0.5) is 20.4 Å². The Balaban J connectivity index is 2.27. The zero-order valence-corrected chi connectivity index (χ0v) is 11.8. The molecule has 0 saturated heterocycles. The van der Waals surface area contributed by atoms with Gasteiger partial charge in [-0.1, -0.05) is 19.8 Å². The summed E-state index contributed by atoms with van der Waals surface area (Å²) in [5.41, 5.74) is -0.575. The number of hydrogen-bond acceptors (Lipinski definition) is 4. The fourth-order valence-corrected chi connectivity index (χ4v) is 2.94. The van der Waals surface area contributed by atoms with Crippen molar-refractivity contribution in [2.24, 2.45) is 5.92 Å². The molecule has 1 aliphatic carbocycles. The molecule has 2 rings (SSSR count). The lowest BCUT2D eigenvalue weighted by Crippen LogP contribution is -2.46. The van der Waals surface area contributed by atoms with Crippen molar-refractivity contribution in [2.75, 3.05) is 24.3 Å². The zero-order valence-electron chi connectivity index (χ0n) is 11.8. The highest BCUT2D eigenvalue weighted by Gasteiger charge is 2.35. The molecule has 0 amide bonds. The van der Waals surface area contributed by atoms with Crippen LogP contribution in [-0.4, -0.2) is 29.3 Å². The van der Waals surface area contributed by atoms with Crippen LogP contribution in [-0.2, 0) is 0 Å². The maximum absolute atomic E-state index is 13.9. The second-order valence-corrected chi connectivity index (χ2v) is 5.66. The smallest absolute Gasteiger partial charge is 0.168 e. The van der Waals surface area contributed by atoms with Gasteiger partial charge in [0.25, 0.3) is 0 Å². The van der Waals surface area contributed by atoms with Crippen LogP contribution in [0.2, 0.25) is 0 Å². The highest BCUT2D eigenvalue weighted by molar-refractivity contribution is 5.48. The van der Waals surface area contributed by atoms with Crippen molar-refractivity contribution in [2.45, 2.75) is 38.1 Å². The monoisotopic (exact) mass is 285 g/mol. The van der Waals surface area contributed by atoms with Gasteiger partial charge in [-0.25, -0.2) is 13.8 Å². The number of aliphatic hydroxyl groups is 1. The number of hydrogen-bond donors (Lipinski definition) is 3. The van der Waals surface area contributed by atoms with Gasteiger partial charge in [-0.3, -0.25) is 0 Å². The molecule has 20 heavy (non-hydrogen) atoms. The van der Waals surface area contributed by atoms with Crippen molar-refractivity contribution in [3.8, 4) is 0 Å². The molecule has 2 atom stereocenters. The third-order valence-electron chi connectivity index (χ3n) is 3.94. The first kappa shape index (κ1) is 15.0. The van der Waals surface area contributed by atoms with E-state index in [1.54, 1.807) is 0 Å². The van der Waals surface area contributed by atoms with Gasteiger partial charge in [0.1, 0.15) is 0 Å². The van der Waals surface area contributed by atoms with E-state index >= 15 is 0 Å². The average Bonchev–Trinajstić information content (AvgIpc) is 2.42. The predicted molar refractivity (Wildman–Crippen MR) is 74.8 cm³/mol. The van der Waals surface area contributed by atoms with Gasteiger partial charge in [-0.2, -0.15) is 0 Å². The number of anilines is 2. The third-order valence-corrected chi connectivity index (χ3v) is 3.94. The molecule has 0 spiro atoms. The Labute approximate surface area is 117 Å². The van der Waals surface area contributed by atoms with Gasteiger partial charge in [-0.05, 0) is 18.8 Å². The summed E-state index contributed by atoms with van der Waals surface area (Å²) in [6, 6.07) is 0.804. The first-order valence-electron chi connectivity index (χ1n) is 6.92. The van der Waals surface area contributed by atoms with Gasteiger partial charge in [0.2, 0.25) is 0 Å². The largest absolute Gasteiger partial charge is 0.394 e. The summed E-state index contributed by atoms with van der Waals surface area (Å²) < 4.78 is 27.3. The van der Waals surface area contributed by atoms with Crippen LogP contribution in [0.5, 0.6) is 0 Å². The molecule has 1 aliphatic rings. The van der Waals surface area contributed by atoms with E-state index in [-0.39, 0.29) is 18.2 Å². The molecule has 0 bridgehead atoms. The summed E-state index contributed by atoms with van der Waals surface area (Å²) in [4.78, 5) is 3.92. The quantitative estimate of drug-likeness (QED) is 0.796. The molecule has 1 fully saturated rings. The summed E-state index contributed by atoms with van der Waals surface area (Å²) in [5, 5.41) is 15.3. The van der Waals surface area contributed by atoms with Crippen LogP contribution in [0.1, 0.15) is 32.6 Å². The molecule has 2 unspecified atom stereocenters. The number of halogens is 2. The third kappa shape index (κ3) is 3.00. The highest BCUT2D eigenvalue weighted by atomic mass is 19.1. The molecule has 4 nitrogen and oxygen atoms in total. The Bertz CT molecular complexity index is 484. The number of nitrogens with one attached hydrogen (secondary N) is 2. The molecule has 1 aromatic heterocycles. The Morgan fingerprint density at radius 2 is 2.10 bits per heavy atom. The number of aliphatic hydroxyl groups excluding tert-OH is 1. The van der Waals surface area contributed by atoms with Crippen LogP contribution in [0.3, 0.4) is 0 Å². The molecular weight excluding hydrogens is 264 g/mol. The van der Waals surface area contributed by atoms with E-state index in [2.05, 4.69) is 22.5 Å². The van der Waals surface area contributed by atoms with Crippen molar-refractivity contribution in [1.29, 1.82) is 0 Å². The van der Waals surface area contributed by atoms with Gasteiger partial charge in [0.15, 0.2) is 23.3 Å². The first-order chi connectivity index (χ1) is 9.49. The van der Waals surface area contributed by atoms with E-state index in [1.165, 1.54) is 7.05 Å². The minimum atomic E-state index is -0.743. The molecule has 1 heterocycles. The standard InChI is InChI=1S/C14H21F2N3O/c1-9-4-3-5-14(7-9,8-20)19-13-11(16)6-10(15)12(17-2)18-13/h6,9,20H,3-5,7-8H2,1-2H3,(H2,17,18,19). The van der Waals surface area contributed by atoms with Crippen molar-refractivity contribution >= 4 is 11.6 Å². The average molecular weight is 285 g/mol. The minimum Gasteiger partial charge on any atom is -0.394 e. The van der Waals surface area contributed by atoms with Crippen molar-refractivity contribution < 1.29 is 13.9 Å². The molecular formula is C14H21F2N3O. The maximum Gasteiger partial charge on any atom is 0.168 e. The van der Waals surface area contributed by atoms with Gasteiger partial charge in [-0.15, -0.1) is 0 Å². The SMILES string of the molecule is CNc1nc(NC2(CO)CCCC(C)C2)c(F)cc1F. The van der Waals surface area contributed by atoms with Crippen LogP contribution in [0.15, 0.2) is 6.07 Å². The number of aromatic nitrogens is 1. The second kappa shape index (κ2) is 5.91. The molecule has 1 saturated carbocycles. The number of nitrogens with zero attached hydrogens (tertiary/aromatic N) is 1. The van der Waals surface area contributed by atoms with Gasteiger partial charge < -0.3 is 15.7 Å². The molecule has 0 aliphatic heterocycles.